The van der Waals surface area contributed by atoms with Gasteiger partial charge in [-0.3, -0.25) is 0 Å². The van der Waals surface area contributed by atoms with Crippen LogP contribution in [0.3, 0.4) is 0 Å². The van der Waals surface area contributed by atoms with Gasteiger partial charge < -0.3 is 4.57 Å². The third kappa shape index (κ3) is 1.33. The summed E-state index contributed by atoms with van der Waals surface area (Å²) >= 11 is 0. The third-order valence-corrected chi connectivity index (χ3v) is 2.34. The monoisotopic (exact) mass is 196 g/mol. The molecule has 0 unspecified atom stereocenters. The van der Waals surface area contributed by atoms with Crippen LogP contribution in [0.1, 0.15) is 11.7 Å². The van der Waals surface area contributed by atoms with Crippen LogP contribution >= 0.6 is 0 Å². The second kappa shape index (κ2) is 3.43. The van der Waals surface area contributed by atoms with Gasteiger partial charge in [0.2, 0.25) is 0 Å². The summed E-state index contributed by atoms with van der Waals surface area (Å²) in [6.07, 6.45) is 0. The number of aryl methyl sites for hydroxylation is 1. The summed E-state index contributed by atoms with van der Waals surface area (Å²) in [5.74, 6) is -0.302. The van der Waals surface area contributed by atoms with E-state index in [1.54, 1.807) is 4.57 Å². The molecule has 4 heteroatoms. The van der Waals surface area contributed by atoms with Gasteiger partial charge in [-0.25, -0.2) is 4.98 Å². The molecule has 0 radical (unpaired) electrons. The quantitative estimate of drug-likeness (QED) is 0.697. The maximum atomic E-state index is 8.80. The summed E-state index contributed by atoms with van der Waals surface area (Å²) in [6, 6.07) is 11.4. The predicted octanol–water partition coefficient (Wildman–Crippen LogP) is 1.70. The first-order chi connectivity index (χ1) is 7.27. The second-order valence-electron chi connectivity index (χ2n) is 3.21. The molecule has 0 spiro atoms. The third-order valence-electron chi connectivity index (χ3n) is 2.34. The number of fused-ring (bicyclic) bond motifs is 1. The molecule has 0 aliphatic heterocycles. The number of nitriles is 2. The Morgan fingerprint density at radius 1 is 1.27 bits per heavy atom. The van der Waals surface area contributed by atoms with Crippen LogP contribution in [-0.2, 0) is 7.05 Å². The number of aromatic nitrogens is 2. The van der Waals surface area contributed by atoms with Gasteiger partial charge in [0.15, 0.2) is 5.92 Å². The molecule has 1 aromatic carbocycles. The average Bonchev–Trinajstić information content (AvgIpc) is 2.60. The summed E-state index contributed by atoms with van der Waals surface area (Å²) in [4.78, 5) is 4.27. The standard InChI is InChI=1S/C11H8N4/c1-15-10-5-3-2-4-9(10)14-11(15)8(6-12)7-13/h2-5,8H,1H3. The van der Waals surface area contributed by atoms with Crippen LogP contribution < -0.4 is 0 Å². The van der Waals surface area contributed by atoms with Crippen molar-refractivity contribution in [2.75, 3.05) is 0 Å². The smallest absolute Gasteiger partial charge is 0.190 e. The Morgan fingerprint density at radius 3 is 2.53 bits per heavy atom. The fourth-order valence-corrected chi connectivity index (χ4v) is 1.57. The first-order valence-electron chi connectivity index (χ1n) is 4.48. The lowest BCUT2D eigenvalue weighted by Crippen LogP contribution is -2.02. The number of hydrogen-bond acceptors (Lipinski definition) is 3. The molecule has 0 saturated heterocycles. The zero-order valence-corrected chi connectivity index (χ0v) is 8.18. The zero-order valence-electron chi connectivity index (χ0n) is 8.18. The Labute approximate surface area is 87.0 Å². The fourth-order valence-electron chi connectivity index (χ4n) is 1.57. The van der Waals surface area contributed by atoms with E-state index in [0.29, 0.717) is 5.82 Å². The summed E-state index contributed by atoms with van der Waals surface area (Å²) < 4.78 is 1.78. The summed E-state index contributed by atoms with van der Waals surface area (Å²) in [7, 11) is 1.81. The summed E-state index contributed by atoms with van der Waals surface area (Å²) in [5.41, 5.74) is 1.74. The van der Waals surface area contributed by atoms with Gasteiger partial charge >= 0.3 is 0 Å². The highest BCUT2D eigenvalue weighted by atomic mass is 15.1. The van der Waals surface area contributed by atoms with Gasteiger partial charge in [-0.05, 0) is 12.1 Å². The number of rotatable bonds is 1. The normalized spacial score (nSPS) is 10.1. The summed E-state index contributed by atoms with van der Waals surface area (Å²) in [6.45, 7) is 0. The lowest BCUT2D eigenvalue weighted by Gasteiger charge is -2.00. The Kier molecular flexibility index (Phi) is 2.11. The Bertz CT molecular complexity index is 569. The largest absolute Gasteiger partial charge is 0.329 e. The van der Waals surface area contributed by atoms with Gasteiger partial charge in [0, 0.05) is 7.05 Å². The van der Waals surface area contributed by atoms with Crippen molar-refractivity contribution in [3.8, 4) is 12.1 Å². The van der Waals surface area contributed by atoms with Crippen LogP contribution in [0.15, 0.2) is 24.3 Å². The van der Waals surface area contributed by atoms with E-state index in [1.165, 1.54) is 0 Å². The molecule has 2 rings (SSSR count). The lowest BCUT2D eigenvalue weighted by atomic mass is 10.2. The van der Waals surface area contributed by atoms with Crippen molar-refractivity contribution in [1.82, 2.24) is 9.55 Å². The van der Waals surface area contributed by atoms with E-state index >= 15 is 0 Å². The molecule has 4 nitrogen and oxygen atoms in total. The Hall–Kier alpha value is -2.33. The minimum absolute atomic E-state index is 0.501. The molecule has 15 heavy (non-hydrogen) atoms. The van der Waals surface area contributed by atoms with Gasteiger partial charge in [-0.2, -0.15) is 10.5 Å². The van der Waals surface area contributed by atoms with E-state index in [9.17, 15) is 0 Å². The van der Waals surface area contributed by atoms with Gasteiger partial charge in [-0.1, -0.05) is 12.1 Å². The number of benzene rings is 1. The van der Waals surface area contributed by atoms with Crippen LogP contribution in [0.25, 0.3) is 11.0 Å². The molecule has 2 aromatic rings. The van der Waals surface area contributed by atoms with Crippen molar-refractivity contribution in [2.45, 2.75) is 5.92 Å². The molecule has 1 heterocycles. The molecular formula is C11H8N4. The van der Waals surface area contributed by atoms with E-state index in [1.807, 2.05) is 43.5 Å². The van der Waals surface area contributed by atoms with E-state index in [2.05, 4.69) is 4.98 Å². The van der Waals surface area contributed by atoms with Crippen molar-refractivity contribution in [1.29, 1.82) is 10.5 Å². The van der Waals surface area contributed by atoms with Gasteiger partial charge in [0.05, 0.1) is 23.2 Å². The van der Waals surface area contributed by atoms with Gasteiger partial charge in [-0.15, -0.1) is 0 Å². The summed E-state index contributed by atoms with van der Waals surface area (Å²) in [5, 5.41) is 17.6. The van der Waals surface area contributed by atoms with E-state index in [4.69, 9.17) is 10.5 Å². The van der Waals surface area contributed by atoms with Gasteiger partial charge in [0.25, 0.3) is 0 Å². The fraction of sp³-hybridized carbons (Fsp3) is 0.182. The van der Waals surface area contributed by atoms with Crippen LogP contribution in [-0.4, -0.2) is 9.55 Å². The molecular weight excluding hydrogens is 188 g/mol. The van der Waals surface area contributed by atoms with Crippen LogP contribution in [0.4, 0.5) is 0 Å². The molecule has 0 saturated carbocycles. The molecule has 0 amide bonds. The second-order valence-corrected chi connectivity index (χ2v) is 3.21. The highest BCUT2D eigenvalue weighted by Gasteiger charge is 2.16. The molecule has 72 valence electrons. The van der Waals surface area contributed by atoms with E-state index in [-0.39, 0.29) is 0 Å². The number of imidazole rings is 1. The lowest BCUT2D eigenvalue weighted by molar-refractivity contribution is 0.821. The molecule has 0 aliphatic rings. The number of nitrogens with zero attached hydrogens (tertiary/aromatic N) is 4. The minimum atomic E-state index is -0.803. The van der Waals surface area contributed by atoms with Crippen LogP contribution in [0.2, 0.25) is 0 Å². The maximum Gasteiger partial charge on any atom is 0.190 e. The van der Waals surface area contributed by atoms with Crippen LogP contribution in [0.5, 0.6) is 0 Å². The SMILES string of the molecule is Cn1c(C(C#N)C#N)nc2ccccc21. The van der Waals surface area contributed by atoms with Gasteiger partial charge in [0.1, 0.15) is 5.82 Å². The van der Waals surface area contributed by atoms with Crippen molar-refractivity contribution in [3.05, 3.63) is 30.1 Å². The van der Waals surface area contributed by atoms with Crippen molar-refractivity contribution in [3.63, 3.8) is 0 Å². The maximum absolute atomic E-state index is 8.80. The highest BCUT2D eigenvalue weighted by molar-refractivity contribution is 5.76. The first kappa shape index (κ1) is 9.23. The van der Waals surface area contributed by atoms with Crippen molar-refractivity contribution >= 4 is 11.0 Å². The predicted molar refractivity (Wildman–Crippen MR) is 54.7 cm³/mol. The molecule has 0 N–H and O–H groups in total. The Morgan fingerprint density at radius 2 is 1.93 bits per heavy atom. The zero-order chi connectivity index (χ0) is 10.8. The first-order valence-corrected chi connectivity index (χ1v) is 4.48. The number of hydrogen-bond donors (Lipinski definition) is 0. The molecule has 0 bridgehead atoms. The number of para-hydroxylation sites is 2. The minimum Gasteiger partial charge on any atom is -0.329 e. The molecule has 0 atom stereocenters. The molecule has 1 aromatic heterocycles. The topological polar surface area (TPSA) is 65.4 Å². The van der Waals surface area contributed by atoms with Crippen molar-refractivity contribution in [2.24, 2.45) is 7.05 Å². The van der Waals surface area contributed by atoms with Crippen LogP contribution in [0, 0.1) is 22.7 Å². The van der Waals surface area contributed by atoms with Crippen molar-refractivity contribution < 1.29 is 0 Å². The molecule has 0 aliphatic carbocycles. The van der Waals surface area contributed by atoms with E-state index < -0.39 is 5.92 Å². The van der Waals surface area contributed by atoms with E-state index in [0.717, 1.165) is 11.0 Å². The average molecular weight is 196 g/mol. The highest BCUT2D eigenvalue weighted by Crippen LogP contribution is 2.19. The Balaban J connectivity index is 2.70. The molecule has 0 fully saturated rings.